The third kappa shape index (κ3) is 1.80. The number of amides is 1. The van der Waals surface area contributed by atoms with Gasteiger partial charge in [-0.1, -0.05) is 24.3 Å². The van der Waals surface area contributed by atoms with Crippen LogP contribution in [0.2, 0.25) is 0 Å². The molecular weight excluding hydrogens is 306 g/mol. The van der Waals surface area contributed by atoms with Gasteiger partial charge in [0.15, 0.2) is 0 Å². The highest BCUT2D eigenvalue weighted by atomic mass is 32.1. The van der Waals surface area contributed by atoms with Crippen molar-refractivity contribution in [3.8, 4) is 0 Å². The molecule has 0 radical (unpaired) electrons. The summed E-state index contributed by atoms with van der Waals surface area (Å²) in [6.07, 6.45) is 0. The molecule has 1 unspecified atom stereocenters. The number of carbonyl (C=O) groups is 1. The molecule has 3 heterocycles. The van der Waals surface area contributed by atoms with Crippen LogP contribution in [-0.4, -0.2) is 15.9 Å². The quantitative estimate of drug-likeness (QED) is 0.579. The first-order valence-electron chi connectivity index (χ1n) is 7.34. The molecule has 110 valence electrons. The zero-order chi connectivity index (χ0) is 15.4. The van der Waals surface area contributed by atoms with Crippen LogP contribution in [0.1, 0.15) is 17.2 Å². The lowest BCUT2D eigenvalue weighted by atomic mass is 9.96. The van der Waals surface area contributed by atoms with E-state index in [9.17, 15) is 4.79 Å². The second-order valence-corrected chi connectivity index (χ2v) is 6.43. The molecule has 0 aliphatic carbocycles. The molecule has 0 saturated heterocycles. The van der Waals surface area contributed by atoms with Gasteiger partial charge in [-0.25, -0.2) is 4.98 Å². The lowest BCUT2D eigenvalue weighted by Crippen LogP contribution is -2.14. The van der Waals surface area contributed by atoms with Crippen molar-refractivity contribution >= 4 is 44.1 Å². The summed E-state index contributed by atoms with van der Waals surface area (Å²) in [6, 6.07) is 15.8. The number of hydrogen-bond donors (Lipinski definition) is 1. The third-order valence-electron chi connectivity index (χ3n) is 4.26. The van der Waals surface area contributed by atoms with Crippen LogP contribution >= 0.6 is 11.3 Å². The van der Waals surface area contributed by atoms with E-state index in [1.54, 1.807) is 11.3 Å². The highest BCUT2D eigenvalue weighted by molar-refractivity contribution is 7.17. The van der Waals surface area contributed by atoms with Crippen molar-refractivity contribution in [3.05, 3.63) is 65.3 Å². The highest BCUT2D eigenvalue weighted by Crippen LogP contribution is 2.42. The fraction of sp³-hybridized carbons (Fsp3) is 0.0556. The normalized spacial score (nSPS) is 16.7. The van der Waals surface area contributed by atoms with Crippen molar-refractivity contribution in [3.63, 3.8) is 0 Å². The minimum Gasteiger partial charge on any atom is -0.325 e. The predicted octanol–water partition coefficient (Wildman–Crippen LogP) is 3.93. The molecule has 5 rings (SSSR count). The lowest BCUT2D eigenvalue weighted by molar-refractivity contribution is -0.116. The minimum atomic E-state index is -0.376. The van der Waals surface area contributed by atoms with Crippen molar-refractivity contribution in [2.75, 3.05) is 5.32 Å². The highest BCUT2D eigenvalue weighted by Gasteiger charge is 2.35. The van der Waals surface area contributed by atoms with Crippen LogP contribution in [0.25, 0.3) is 21.1 Å². The summed E-state index contributed by atoms with van der Waals surface area (Å²) in [5, 5.41) is 4.05. The molecule has 2 aromatic carbocycles. The number of thiazole rings is 1. The monoisotopic (exact) mass is 317 g/mol. The van der Waals surface area contributed by atoms with E-state index in [1.165, 1.54) is 0 Å². The molecule has 0 spiro atoms. The first-order valence-corrected chi connectivity index (χ1v) is 8.22. The second-order valence-electron chi connectivity index (χ2n) is 5.58. The average molecular weight is 317 g/mol. The molecule has 1 aliphatic rings. The van der Waals surface area contributed by atoms with E-state index in [2.05, 4.69) is 10.3 Å². The Morgan fingerprint density at radius 3 is 2.87 bits per heavy atom. The van der Waals surface area contributed by atoms with Gasteiger partial charge in [-0.05, 0) is 24.3 Å². The fourth-order valence-corrected chi connectivity index (χ4v) is 4.07. The van der Waals surface area contributed by atoms with Gasteiger partial charge in [0.1, 0.15) is 5.92 Å². The summed E-state index contributed by atoms with van der Waals surface area (Å²) in [7, 11) is 0. The average Bonchev–Trinajstić information content (AvgIpc) is 3.17. The van der Waals surface area contributed by atoms with Crippen LogP contribution in [0.5, 0.6) is 0 Å². The number of nitrogens with zero attached hydrogens (tertiary/aromatic N) is 2. The summed E-state index contributed by atoms with van der Waals surface area (Å²) >= 11 is 1.57. The Morgan fingerprint density at radius 1 is 1.00 bits per heavy atom. The van der Waals surface area contributed by atoms with Gasteiger partial charge in [0, 0.05) is 16.6 Å². The number of aromatic nitrogens is 2. The molecule has 0 bridgehead atoms. The van der Waals surface area contributed by atoms with Crippen molar-refractivity contribution in [2.45, 2.75) is 5.92 Å². The Morgan fingerprint density at radius 2 is 1.91 bits per heavy atom. The maximum absolute atomic E-state index is 12.6. The zero-order valence-corrected chi connectivity index (χ0v) is 12.8. The van der Waals surface area contributed by atoms with Crippen molar-refractivity contribution in [1.29, 1.82) is 0 Å². The number of pyridine rings is 1. The zero-order valence-electron chi connectivity index (χ0n) is 12.0. The number of benzene rings is 2. The molecule has 1 N–H and O–H groups in total. The van der Waals surface area contributed by atoms with E-state index in [0.29, 0.717) is 0 Å². The van der Waals surface area contributed by atoms with Gasteiger partial charge in [-0.15, -0.1) is 11.3 Å². The van der Waals surface area contributed by atoms with Crippen LogP contribution in [0, 0.1) is 0 Å². The first-order chi connectivity index (χ1) is 11.3. The van der Waals surface area contributed by atoms with Crippen molar-refractivity contribution < 1.29 is 4.79 Å². The number of rotatable bonds is 1. The third-order valence-corrected chi connectivity index (χ3v) is 5.14. The number of carbonyl (C=O) groups excluding carboxylic acids is 1. The number of hydrogen-bond acceptors (Lipinski definition) is 4. The standard InChI is InChI=1S/C18H11N3OS/c22-18-16(13-6-5-10-3-1-2-4-11(10)20-13)15-12(21-18)7-8-14-17(15)23-9-19-14/h1-9,16H,(H,21,22). The van der Waals surface area contributed by atoms with Gasteiger partial charge in [-0.2, -0.15) is 0 Å². The Balaban J connectivity index is 1.77. The van der Waals surface area contributed by atoms with Gasteiger partial charge in [0.25, 0.3) is 0 Å². The predicted molar refractivity (Wildman–Crippen MR) is 91.8 cm³/mol. The summed E-state index contributed by atoms with van der Waals surface area (Å²) in [5.74, 6) is -0.401. The van der Waals surface area contributed by atoms with Crippen molar-refractivity contribution in [1.82, 2.24) is 9.97 Å². The molecule has 2 aromatic heterocycles. The van der Waals surface area contributed by atoms with E-state index < -0.39 is 0 Å². The largest absolute Gasteiger partial charge is 0.325 e. The molecule has 0 fully saturated rings. The van der Waals surface area contributed by atoms with Gasteiger partial charge in [0.2, 0.25) is 5.91 Å². The van der Waals surface area contributed by atoms with Gasteiger partial charge >= 0.3 is 0 Å². The summed E-state index contributed by atoms with van der Waals surface area (Å²) in [6.45, 7) is 0. The SMILES string of the molecule is O=C1Nc2ccc3ncsc3c2C1c1ccc2ccccc2n1. The van der Waals surface area contributed by atoms with Crippen LogP contribution < -0.4 is 5.32 Å². The summed E-state index contributed by atoms with van der Waals surface area (Å²) in [4.78, 5) is 21.6. The molecule has 1 aliphatic heterocycles. The van der Waals surface area contributed by atoms with Gasteiger partial charge in [-0.3, -0.25) is 9.78 Å². The van der Waals surface area contributed by atoms with E-state index in [4.69, 9.17) is 4.98 Å². The van der Waals surface area contributed by atoms with Gasteiger partial charge in [0.05, 0.1) is 26.9 Å². The maximum Gasteiger partial charge on any atom is 0.238 e. The molecule has 5 heteroatoms. The summed E-state index contributed by atoms with van der Waals surface area (Å²) in [5.41, 5.74) is 6.29. The molecule has 1 atom stereocenters. The maximum atomic E-state index is 12.6. The van der Waals surface area contributed by atoms with Crippen LogP contribution in [0.4, 0.5) is 5.69 Å². The van der Waals surface area contributed by atoms with E-state index in [-0.39, 0.29) is 11.8 Å². The number of para-hydroxylation sites is 1. The number of anilines is 1. The molecule has 1 amide bonds. The number of nitrogens with one attached hydrogen (secondary N) is 1. The number of fused-ring (bicyclic) bond motifs is 4. The molecular formula is C18H11N3OS. The Labute approximate surface area is 135 Å². The minimum absolute atomic E-state index is 0.0244. The Hall–Kier alpha value is -2.79. The lowest BCUT2D eigenvalue weighted by Gasteiger charge is -2.10. The summed E-state index contributed by atoms with van der Waals surface area (Å²) < 4.78 is 1.06. The van der Waals surface area contributed by atoms with Crippen molar-refractivity contribution in [2.24, 2.45) is 0 Å². The van der Waals surface area contributed by atoms with E-state index >= 15 is 0 Å². The van der Waals surface area contributed by atoms with E-state index in [1.807, 2.05) is 54.0 Å². The molecule has 0 saturated carbocycles. The Bertz CT molecular complexity index is 1090. The van der Waals surface area contributed by atoms with Crippen LogP contribution in [-0.2, 0) is 4.79 Å². The fourth-order valence-electron chi connectivity index (χ4n) is 3.21. The molecule has 4 aromatic rings. The smallest absolute Gasteiger partial charge is 0.238 e. The first kappa shape index (κ1) is 12.7. The molecule has 4 nitrogen and oxygen atoms in total. The van der Waals surface area contributed by atoms with Gasteiger partial charge < -0.3 is 5.32 Å². The van der Waals surface area contributed by atoms with Crippen LogP contribution in [0.3, 0.4) is 0 Å². The second kappa shape index (κ2) is 4.60. The van der Waals surface area contributed by atoms with E-state index in [0.717, 1.165) is 38.1 Å². The topological polar surface area (TPSA) is 54.9 Å². The van der Waals surface area contributed by atoms with Crippen LogP contribution in [0.15, 0.2) is 54.0 Å². The molecule has 23 heavy (non-hydrogen) atoms. The Kier molecular flexibility index (Phi) is 2.55.